The standard InChI is InChI=1S/C7H13NO3S/c8-7(9)2-4-12-6-1-3-10-11-5-6/h6H,1-5H2,(H2,8,9). The van der Waals surface area contributed by atoms with Gasteiger partial charge in [0.25, 0.3) is 0 Å². The fourth-order valence-electron chi connectivity index (χ4n) is 0.903. The van der Waals surface area contributed by atoms with Gasteiger partial charge in [0.15, 0.2) is 0 Å². The van der Waals surface area contributed by atoms with Gasteiger partial charge in [0.05, 0.1) is 13.2 Å². The van der Waals surface area contributed by atoms with Crippen LogP contribution in [0.25, 0.3) is 0 Å². The molecule has 2 N–H and O–H groups in total. The van der Waals surface area contributed by atoms with Gasteiger partial charge in [-0.1, -0.05) is 0 Å². The summed E-state index contributed by atoms with van der Waals surface area (Å²) in [4.78, 5) is 19.9. The van der Waals surface area contributed by atoms with Crippen LogP contribution >= 0.6 is 11.8 Å². The van der Waals surface area contributed by atoms with Gasteiger partial charge in [-0.15, -0.1) is 0 Å². The van der Waals surface area contributed by atoms with Crippen molar-refractivity contribution in [1.82, 2.24) is 0 Å². The van der Waals surface area contributed by atoms with Crippen LogP contribution in [-0.2, 0) is 14.6 Å². The van der Waals surface area contributed by atoms with Crippen LogP contribution in [0.15, 0.2) is 0 Å². The van der Waals surface area contributed by atoms with Gasteiger partial charge in [-0.2, -0.15) is 11.8 Å². The molecule has 0 saturated carbocycles. The van der Waals surface area contributed by atoms with E-state index in [1.807, 2.05) is 0 Å². The van der Waals surface area contributed by atoms with Crippen molar-refractivity contribution in [2.24, 2.45) is 5.73 Å². The van der Waals surface area contributed by atoms with E-state index in [0.29, 0.717) is 24.9 Å². The predicted molar refractivity (Wildman–Crippen MR) is 46.6 cm³/mol. The molecule has 0 spiro atoms. The summed E-state index contributed by atoms with van der Waals surface area (Å²) in [6, 6.07) is 0. The SMILES string of the molecule is NC(=O)CCSC1CCOOC1. The second kappa shape index (κ2) is 5.40. The van der Waals surface area contributed by atoms with Crippen LogP contribution in [0.2, 0.25) is 0 Å². The number of primary amides is 1. The second-order valence-corrected chi connectivity index (χ2v) is 4.01. The Hall–Kier alpha value is -0.260. The molecule has 0 aromatic heterocycles. The highest BCUT2D eigenvalue weighted by Gasteiger charge is 2.14. The summed E-state index contributed by atoms with van der Waals surface area (Å²) in [7, 11) is 0. The van der Waals surface area contributed by atoms with Gasteiger partial charge >= 0.3 is 0 Å². The molecular weight excluding hydrogens is 178 g/mol. The van der Waals surface area contributed by atoms with Crippen molar-refractivity contribution in [1.29, 1.82) is 0 Å². The predicted octanol–water partition coefficient (Wildman–Crippen LogP) is 0.315. The first-order chi connectivity index (χ1) is 5.79. The number of nitrogens with two attached hydrogens (primary N) is 1. The number of rotatable bonds is 4. The van der Waals surface area contributed by atoms with Crippen LogP contribution in [-0.4, -0.2) is 30.1 Å². The fourth-order valence-corrected chi connectivity index (χ4v) is 1.97. The molecule has 0 aliphatic carbocycles. The minimum absolute atomic E-state index is 0.240. The number of hydrogen-bond donors (Lipinski definition) is 1. The quantitative estimate of drug-likeness (QED) is 0.650. The Morgan fingerprint density at radius 3 is 3.00 bits per heavy atom. The molecule has 1 fully saturated rings. The third-order valence-corrected chi connectivity index (χ3v) is 2.85. The molecule has 70 valence electrons. The first kappa shape index (κ1) is 9.83. The maximum absolute atomic E-state index is 10.4. The lowest BCUT2D eigenvalue weighted by Crippen LogP contribution is -2.22. The molecule has 1 atom stereocenters. The monoisotopic (exact) mass is 191 g/mol. The maximum atomic E-state index is 10.4. The van der Waals surface area contributed by atoms with Crippen LogP contribution < -0.4 is 5.73 Å². The Labute approximate surface area is 75.7 Å². The van der Waals surface area contributed by atoms with E-state index in [9.17, 15) is 4.79 Å². The van der Waals surface area contributed by atoms with E-state index in [4.69, 9.17) is 15.5 Å². The highest BCUT2D eigenvalue weighted by Crippen LogP contribution is 2.19. The summed E-state index contributed by atoms with van der Waals surface area (Å²) in [5.74, 6) is 0.541. The average Bonchev–Trinajstić information content (AvgIpc) is 2.05. The van der Waals surface area contributed by atoms with Crippen LogP contribution in [0.4, 0.5) is 0 Å². The highest BCUT2D eigenvalue weighted by molar-refractivity contribution is 7.99. The molecule has 5 heteroatoms. The summed E-state index contributed by atoms with van der Waals surface area (Å²) in [5, 5.41) is 0.457. The summed E-state index contributed by atoms with van der Waals surface area (Å²) in [5.41, 5.74) is 5.00. The van der Waals surface area contributed by atoms with Crippen molar-refractivity contribution < 1.29 is 14.6 Å². The van der Waals surface area contributed by atoms with Gasteiger partial charge in [0, 0.05) is 17.4 Å². The summed E-state index contributed by atoms with van der Waals surface area (Å²) < 4.78 is 0. The normalized spacial score (nSPS) is 23.8. The van der Waals surface area contributed by atoms with Crippen molar-refractivity contribution in [3.63, 3.8) is 0 Å². The average molecular weight is 191 g/mol. The summed E-state index contributed by atoms with van der Waals surface area (Å²) >= 11 is 1.72. The van der Waals surface area contributed by atoms with Crippen molar-refractivity contribution >= 4 is 17.7 Å². The zero-order valence-corrected chi connectivity index (χ0v) is 7.64. The molecule has 1 rings (SSSR count). The topological polar surface area (TPSA) is 61.6 Å². The maximum Gasteiger partial charge on any atom is 0.218 e. The van der Waals surface area contributed by atoms with Gasteiger partial charge in [0.1, 0.15) is 0 Å². The Balaban J connectivity index is 2.01. The molecule has 0 aromatic carbocycles. The van der Waals surface area contributed by atoms with E-state index in [0.717, 1.165) is 12.2 Å². The lowest BCUT2D eigenvalue weighted by atomic mass is 10.3. The summed E-state index contributed by atoms with van der Waals surface area (Å²) in [6.45, 7) is 1.26. The molecule has 1 unspecified atom stereocenters. The summed E-state index contributed by atoms with van der Waals surface area (Å²) in [6.07, 6.45) is 1.44. The minimum Gasteiger partial charge on any atom is -0.370 e. The van der Waals surface area contributed by atoms with E-state index < -0.39 is 0 Å². The van der Waals surface area contributed by atoms with Gasteiger partial charge in [0.2, 0.25) is 5.91 Å². The van der Waals surface area contributed by atoms with Gasteiger partial charge in [-0.25, -0.2) is 9.78 Å². The molecule has 12 heavy (non-hydrogen) atoms. The molecule has 1 amide bonds. The van der Waals surface area contributed by atoms with Crippen molar-refractivity contribution in [3.05, 3.63) is 0 Å². The molecule has 0 aromatic rings. The Kier molecular flexibility index (Phi) is 4.42. The van der Waals surface area contributed by atoms with Gasteiger partial charge < -0.3 is 5.73 Å². The van der Waals surface area contributed by atoms with Gasteiger partial charge in [-0.05, 0) is 6.42 Å². The van der Waals surface area contributed by atoms with E-state index >= 15 is 0 Å². The molecule has 1 aliphatic rings. The number of hydrogen-bond acceptors (Lipinski definition) is 4. The van der Waals surface area contributed by atoms with Crippen molar-refractivity contribution in [2.75, 3.05) is 19.0 Å². The van der Waals surface area contributed by atoms with Crippen molar-refractivity contribution in [3.8, 4) is 0 Å². The zero-order chi connectivity index (χ0) is 8.81. The Morgan fingerprint density at radius 1 is 1.58 bits per heavy atom. The number of carbonyl (C=O) groups excluding carboxylic acids is 1. The molecule has 0 bridgehead atoms. The zero-order valence-electron chi connectivity index (χ0n) is 6.82. The van der Waals surface area contributed by atoms with Crippen LogP contribution in [0.1, 0.15) is 12.8 Å². The van der Waals surface area contributed by atoms with E-state index in [1.165, 1.54) is 0 Å². The lowest BCUT2D eigenvalue weighted by molar-refractivity contribution is -0.310. The number of amides is 1. The molecule has 1 heterocycles. The van der Waals surface area contributed by atoms with Crippen LogP contribution in [0.3, 0.4) is 0 Å². The number of thioether (sulfide) groups is 1. The van der Waals surface area contributed by atoms with E-state index in [2.05, 4.69) is 0 Å². The lowest BCUT2D eigenvalue weighted by Gasteiger charge is -2.19. The van der Waals surface area contributed by atoms with Crippen LogP contribution in [0.5, 0.6) is 0 Å². The third kappa shape index (κ3) is 3.94. The fraction of sp³-hybridized carbons (Fsp3) is 0.857. The highest BCUT2D eigenvalue weighted by atomic mass is 32.2. The minimum atomic E-state index is -0.240. The molecule has 0 radical (unpaired) electrons. The largest absolute Gasteiger partial charge is 0.370 e. The molecular formula is C7H13NO3S. The van der Waals surface area contributed by atoms with Crippen LogP contribution in [0, 0.1) is 0 Å². The first-order valence-electron chi connectivity index (χ1n) is 3.93. The molecule has 1 aliphatic heterocycles. The van der Waals surface area contributed by atoms with Gasteiger partial charge in [-0.3, -0.25) is 4.79 Å². The third-order valence-electron chi connectivity index (χ3n) is 1.56. The number of carbonyl (C=O) groups is 1. The van der Waals surface area contributed by atoms with E-state index in [1.54, 1.807) is 11.8 Å². The van der Waals surface area contributed by atoms with Crippen molar-refractivity contribution in [2.45, 2.75) is 18.1 Å². The second-order valence-electron chi connectivity index (χ2n) is 2.60. The van der Waals surface area contributed by atoms with E-state index in [-0.39, 0.29) is 5.91 Å². The smallest absolute Gasteiger partial charge is 0.218 e. The Bertz CT molecular complexity index is 148. The Morgan fingerprint density at radius 2 is 2.42 bits per heavy atom. The first-order valence-corrected chi connectivity index (χ1v) is 4.98. The molecule has 1 saturated heterocycles. The molecule has 4 nitrogen and oxygen atoms in total.